The largest absolute Gasteiger partial charge is 0.368 e. The van der Waals surface area contributed by atoms with Gasteiger partial charge in [-0.2, -0.15) is 0 Å². The van der Waals surface area contributed by atoms with Gasteiger partial charge in [0, 0.05) is 43.4 Å². The van der Waals surface area contributed by atoms with Crippen molar-refractivity contribution in [2.45, 2.75) is 4.90 Å². The van der Waals surface area contributed by atoms with Crippen LogP contribution in [0, 0.1) is 0 Å². The Kier molecular flexibility index (Phi) is 5.48. The lowest BCUT2D eigenvalue weighted by Gasteiger charge is -2.30. The molecule has 26 heavy (non-hydrogen) atoms. The fourth-order valence-corrected chi connectivity index (χ4v) is 4.96. The van der Waals surface area contributed by atoms with E-state index in [-0.39, 0.29) is 17.3 Å². The predicted molar refractivity (Wildman–Crippen MR) is 108 cm³/mol. The molecule has 0 spiro atoms. The number of anilines is 1. The number of piperazine rings is 1. The molecule has 0 bridgehead atoms. The summed E-state index contributed by atoms with van der Waals surface area (Å²) in [6.07, 6.45) is 1.59. The number of halogens is 2. The molecule has 1 saturated heterocycles. The van der Waals surface area contributed by atoms with Crippen molar-refractivity contribution in [3.05, 3.63) is 59.8 Å². The van der Waals surface area contributed by atoms with E-state index in [1.807, 2.05) is 12.1 Å². The van der Waals surface area contributed by atoms with E-state index < -0.39 is 10.0 Å². The molecule has 2 aromatic carbocycles. The first-order chi connectivity index (χ1) is 12.1. The van der Waals surface area contributed by atoms with E-state index >= 15 is 0 Å². The molecule has 8 heteroatoms. The van der Waals surface area contributed by atoms with Gasteiger partial charge >= 0.3 is 0 Å². The van der Waals surface area contributed by atoms with Crippen LogP contribution in [0.25, 0.3) is 10.9 Å². The highest BCUT2D eigenvalue weighted by Gasteiger charge is 2.23. The third kappa shape index (κ3) is 3.18. The van der Waals surface area contributed by atoms with Crippen molar-refractivity contribution in [3.63, 3.8) is 0 Å². The lowest BCUT2D eigenvalue weighted by Crippen LogP contribution is -2.43. The summed E-state index contributed by atoms with van der Waals surface area (Å²) >= 11 is 6.39. The Balaban J connectivity index is 0.00000196. The van der Waals surface area contributed by atoms with Crippen LogP contribution in [0.15, 0.2) is 59.6 Å². The quantitative estimate of drug-likeness (QED) is 0.717. The van der Waals surface area contributed by atoms with Gasteiger partial charge in [0.25, 0.3) is 10.0 Å². The molecule has 1 N–H and O–H groups in total. The summed E-state index contributed by atoms with van der Waals surface area (Å²) in [4.78, 5) is 2.50. The number of rotatable bonds is 3. The monoisotopic (exact) mass is 411 g/mol. The van der Waals surface area contributed by atoms with Gasteiger partial charge in [0.2, 0.25) is 0 Å². The van der Waals surface area contributed by atoms with E-state index in [1.165, 1.54) is 3.97 Å². The zero-order valence-corrected chi connectivity index (χ0v) is 16.3. The second-order valence-corrected chi connectivity index (χ2v) is 8.22. The summed E-state index contributed by atoms with van der Waals surface area (Å²) in [6, 6.07) is 14.0. The van der Waals surface area contributed by atoms with Crippen molar-refractivity contribution >= 4 is 50.6 Å². The SMILES string of the molecule is Cl.O=S(=O)(c1ccccc1)n1ccc2c(N3CCNCC3)ccc(Cl)c21. The Morgan fingerprint density at radius 2 is 1.65 bits per heavy atom. The van der Waals surface area contributed by atoms with Crippen LogP contribution in [0.1, 0.15) is 0 Å². The molecular formula is C18H19Cl2N3O2S. The van der Waals surface area contributed by atoms with Gasteiger partial charge in [-0.3, -0.25) is 0 Å². The maximum absolute atomic E-state index is 13.0. The minimum absolute atomic E-state index is 0. The average molecular weight is 412 g/mol. The van der Waals surface area contributed by atoms with Gasteiger partial charge in [0.1, 0.15) is 0 Å². The molecule has 1 aliphatic rings. The van der Waals surface area contributed by atoms with Gasteiger partial charge in [-0.05, 0) is 30.3 Å². The number of nitrogens with zero attached hydrogens (tertiary/aromatic N) is 2. The normalized spacial score (nSPS) is 15.0. The summed E-state index contributed by atoms with van der Waals surface area (Å²) in [5.74, 6) is 0. The van der Waals surface area contributed by atoms with Crippen LogP contribution in [-0.4, -0.2) is 38.6 Å². The van der Waals surface area contributed by atoms with E-state index in [4.69, 9.17) is 11.6 Å². The van der Waals surface area contributed by atoms with Crippen LogP contribution in [0.5, 0.6) is 0 Å². The first kappa shape index (κ1) is 19.0. The predicted octanol–water partition coefficient (Wildman–Crippen LogP) is 3.36. The van der Waals surface area contributed by atoms with Crippen LogP contribution in [0.3, 0.4) is 0 Å². The fraction of sp³-hybridized carbons (Fsp3) is 0.222. The van der Waals surface area contributed by atoms with Gasteiger partial charge in [0.05, 0.1) is 15.4 Å². The smallest absolute Gasteiger partial charge is 0.268 e. The summed E-state index contributed by atoms with van der Waals surface area (Å²) in [7, 11) is -3.69. The van der Waals surface area contributed by atoms with Crippen molar-refractivity contribution in [3.8, 4) is 0 Å². The highest BCUT2D eigenvalue weighted by atomic mass is 35.5. The maximum Gasteiger partial charge on any atom is 0.268 e. The molecule has 2 heterocycles. The number of aromatic nitrogens is 1. The zero-order valence-electron chi connectivity index (χ0n) is 13.9. The summed E-state index contributed by atoms with van der Waals surface area (Å²) < 4.78 is 27.3. The Labute approximate surface area is 164 Å². The number of fused-ring (bicyclic) bond motifs is 1. The van der Waals surface area contributed by atoms with Crippen molar-refractivity contribution < 1.29 is 8.42 Å². The summed E-state index contributed by atoms with van der Waals surface area (Å²) in [5, 5.41) is 4.61. The van der Waals surface area contributed by atoms with Gasteiger partial charge in [-0.1, -0.05) is 29.8 Å². The molecule has 0 unspecified atom stereocenters. The van der Waals surface area contributed by atoms with Gasteiger partial charge < -0.3 is 10.2 Å². The summed E-state index contributed by atoms with van der Waals surface area (Å²) in [6.45, 7) is 3.58. The first-order valence-electron chi connectivity index (χ1n) is 8.15. The van der Waals surface area contributed by atoms with Crippen LogP contribution < -0.4 is 10.2 Å². The second-order valence-electron chi connectivity index (χ2n) is 6.00. The third-order valence-electron chi connectivity index (χ3n) is 4.50. The zero-order chi connectivity index (χ0) is 17.4. The molecule has 3 aromatic rings. The minimum atomic E-state index is -3.69. The number of benzene rings is 2. The van der Waals surface area contributed by atoms with Crippen molar-refractivity contribution in [1.29, 1.82) is 0 Å². The molecule has 1 fully saturated rings. The Hall–Kier alpha value is -1.73. The fourth-order valence-electron chi connectivity index (χ4n) is 3.26. The van der Waals surface area contributed by atoms with Crippen molar-refractivity contribution in [2.24, 2.45) is 0 Å². The molecule has 0 aliphatic carbocycles. The third-order valence-corrected chi connectivity index (χ3v) is 6.49. The lowest BCUT2D eigenvalue weighted by atomic mass is 10.2. The second kappa shape index (κ2) is 7.48. The molecule has 4 rings (SSSR count). The van der Waals surface area contributed by atoms with E-state index in [9.17, 15) is 8.42 Å². The molecule has 1 aliphatic heterocycles. The van der Waals surface area contributed by atoms with E-state index in [0.29, 0.717) is 10.5 Å². The minimum Gasteiger partial charge on any atom is -0.368 e. The molecule has 0 saturated carbocycles. The van der Waals surface area contributed by atoms with Crippen LogP contribution >= 0.6 is 24.0 Å². The van der Waals surface area contributed by atoms with Crippen LogP contribution in [0.4, 0.5) is 5.69 Å². The number of nitrogens with one attached hydrogen (secondary N) is 1. The van der Waals surface area contributed by atoms with Gasteiger partial charge in [-0.15, -0.1) is 12.4 Å². The van der Waals surface area contributed by atoms with Crippen molar-refractivity contribution in [1.82, 2.24) is 9.29 Å². The molecule has 5 nitrogen and oxygen atoms in total. The Morgan fingerprint density at radius 3 is 2.35 bits per heavy atom. The molecule has 0 radical (unpaired) electrons. The standard InChI is InChI=1S/C18H18ClN3O2S.ClH/c19-16-6-7-17(21-12-9-20-10-13-21)15-8-11-22(18(15)16)25(23,24)14-4-2-1-3-5-14;/h1-8,11,20H,9-10,12-13H2;1H. The summed E-state index contributed by atoms with van der Waals surface area (Å²) in [5.41, 5.74) is 1.55. The van der Waals surface area contributed by atoms with Crippen molar-refractivity contribution in [2.75, 3.05) is 31.1 Å². The molecular weight excluding hydrogens is 393 g/mol. The number of hydrogen-bond acceptors (Lipinski definition) is 4. The van der Waals surface area contributed by atoms with Crippen LogP contribution in [0.2, 0.25) is 5.02 Å². The maximum atomic E-state index is 13.0. The highest BCUT2D eigenvalue weighted by Crippen LogP contribution is 2.35. The van der Waals surface area contributed by atoms with Crippen LogP contribution in [-0.2, 0) is 10.0 Å². The number of hydrogen-bond donors (Lipinski definition) is 1. The average Bonchev–Trinajstić information content (AvgIpc) is 3.10. The van der Waals surface area contributed by atoms with Gasteiger partial charge in [-0.25, -0.2) is 12.4 Å². The topological polar surface area (TPSA) is 54.3 Å². The Morgan fingerprint density at radius 1 is 0.962 bits per heavy atom. The molecule has 1 aromatic heterocycles. The van der Waals surface area contributed by atoms with Gasteiger partial charge in [0.15, 0.2) is 0 Å². The molecule has 138 valence electrons. The molecule has 0 atom stereocenters. The first-order valence-corrected chi connectivity index (χ1v) is 9.97. The van der Waals surface area contributed by atoms with E-state index in [1.54, 1.807) is 42.6 Å². The Bertz CT molecular complexity index is 1010. The van der Waals surface area contributed by atoms with E-state index in [2.05, 4.69) is 10.2 Å². The van der Waals surface area contributed by atoms with E-state index in [0.717, 1.165) is 37.3 Å². The highest BCUT2D eigenvalue weighted by molar-refractivity contribution is 7.90. The lowest BCUT2D eigenvalue weighted by molar-refractivity contribution is 0.588. The molecule has 0 amide bonds.